The first kappa shape index (κ1) is 16.9. The summed E-state index contributed by atoms with van der Waals surface area (Å²) in [6, 6.07) is 0. The predicted octanol–water partition coefficient (Wildman–Crippen LogP) is 3.63. The first-order valence-corrected chi connectivity index (χ1v) is 11.5. The molecular weight excluding hydrogens is 336 g/mol. The lowest BCUT2D eigenvalue weighted by Gasteiger charge is -2.68. The van der Waals surface area contributed by atoms with Crippen LogP contribution in [-0.4, -0.2) is 27.8 Å². The van der Waals surface area contributed by atoms with Gasteiger partial charge in [0.1, 0.15) is 6.42 Å². The molecule has 8 rings (SSSR count). The van der Waals surface area contributed by atoms with E-state index in [0.29, 0.717) is 0 Å². The molecule has 0 atom stereocenters. The molecular formula is C23H34N2O2. The summed E-state index contributed by atoms with van der Waals surface area (Å²) in [4.78, 5) is 27.8. The maximum absolute atomic E-state index is 13.6. The van der Waals surface area contributed by atoms with Gasteiger partial charge in [-0.1, -0.05) is 0 Å². The molecule has 4 heteroatoms. The molecule has 8 saturated carbocycles. The van der Waals surface area contributed by atoms with Crippen molar-refractivity contribution in [3.8, 4) is 0 Å². The van der Waals surface area contributed by atoms with Crippen molar-refractivity contribution in [2.75, 3.05) is 0 Å². The molecule has 0 heterocycles. The summed E-state index contributed by atoms with van der Waals surface area (Å²) in [5.74, 6) is 4.51. The van der Waals surface area contributed by atoms with Gasteiger partial charge in [-0.2, -0.15) is 0 Å². The minimum Gasteiger partial charge on any atom is -0.369 e. The first-order chi connectivity index (χ1) is 12.9. The van der Waals surface area contributed by atoms with E-state index >= 15 is 0 Å². The van der Waals surface area contributed by atoms with Gasteiger partial charge in [0.15, 0.2) is 0 Å². The van der Waals surface area contributed by atoms with Crippen molar-refractivity contribution in [2.45, 2.75) is 94.5 Å². The molecule has 4 nitrogen and oxygen atoms in total. The molecule has 2 amide bonds. The van der Waals surface area contributed by atoms with Crippen molar-refractivity contribution in [3.05, 3.63) is 0 Å². The highest BCUT2D eigenvalue weighted by atomic mass is 16.2. The van der Waals surface area contributed by atoms with Gasteiger partial charge in [0.05, 0.1) is 0 Å². The molecule has 0 aromatic heterocycles. The number of carbonyl (C=O) groups excluding carboxylic acids is 2. The average Bonchev–Trinajstić information content (AvgIpc) is 2.50. The third-order valence-corrected chi connectivity index (χ3v) is 9.54. The van der Waals surface area contributed by atoms with Gasteiger partial charge in [-0.15, -0.1) is 0 Å². The van der Waals surface area contributed by atoms with Crippen LogP contribution in [-0.2, 0) is 9.59 Å². The summed E-state index contributed by atoms with van der Waals surface area (Å²) in [7, 11) is 0. The lowest BCUT2D eigenvalue weighted by atomic mass is 9.48. The van der Waals surface area contributed by atoms with Crippen LogP contribution in [0.1, 0.15) is 83.5 Å². The SMILES string of the molecule is NC(=O)CC(=O)N(C12CC3CC(CC(C3)C1)C2)C12CC3CC(CC(C3)C1)C2. The second kappa shape index (κ2) is 5.51. The van der Waals surface area contributed by atoms with Crippen LogP contribution in [0.4, 0.5) is 0 Å². The summed E-state index contributed by atoms with van der Waals surface area (Å²) in [5.41, 5.74) is 5.62. The smallest absolute Gasteiger partial charge is 0.232 e. The van der Waals surface area contributed by atoms with E-state index in [9.17, 15) is 9.59 Å². The molecule has 2 N–H and O–H groups in total. The molecule has 0 radical (unpaired) electrons. The maximum Gasteiger partial charge on any atom is 0.232 e. The zero-order valence-electron chi connectivity index (χ0n) is 16.5. The highest BCUT2D eigenvalue weighted by molar-refractivity contribution is 5.96. The lowest BCUT2D eigenvalue weighted by Crippen LogP contribution is -2.72. The number of amides is 2. The molecule has 27 heavy (non-hydrogen) atoms. The number of rotatable bonds is 4. The van der Waals surface area contributed by atoms with Crippen LogP contribution in [0, 0.1) is 35.5 Å². The minimum absolute atomic E-state index is 0.0486. The molecule has 0 unspecified atom stereocenters. The van der Waals surface area contributed by atoms with Gasteiger partial charge in [0.25, 0.3) is 0 Å². The molecule has 8 aliphatic rings. The van der Waals surface area contributed by atoms with E-state index in [0.717, 1.165) is 35.5 Å². The van der Waals surface area contributed by atoms with Crippen molar-refractivity contribution >= 4 is 11.8 Å². The van der Waals surface area contributed by atoms with Crippen molar-refractivity contribution < 1.29 is 9.59 Å². The Balaban J connectivity index is 1.42. The van der Waals surface area contributed by atoms with E-state index < -0.39 is 5.91 Å². The molecule has 0 saturated heterocycles. The van der Waals surface area contributed by atoms with Crippen LogP contribution in [0.5, 0.6) is 0 Å². The number of nitrogens with zero attached hydrogens (tertiary/aromatic N) is 1. The molecule has 0 aliphatic heterocycles. The van der Waals surface area contributed by atoms with Gasteiger partial charge in [-0.25, -0.2) is 0 Å². The van der Waals surface area contributed by atoms with Gasteiger partial charge in [0, 0.05) is 11.1 Å². The maximum atomic E-state index is 13.6. The molecule has 0 aromatic rings. The van der Waals surface area contributed by atoms with Gasteiger partial charge in [-0.3, -0.25) is 9.59 Å². The Morgan fingerprint density at radius 3 is 1.22 bits per heavy atom. The van der Waals surface area contributed by atoms with Gasteiger partial charge in [0.2, 0.25) is 11.8 Å². The van der Waals surface area contributed by atoms with E-state index in [2.05, 4.69) is 4.90 Å². The summed E-state index contributed by atoms with van der Waals surface area (Å²) in [5, 5.41) is 0. The van der Waals surface area contributed by atoms with Crippen LogP contribution >= 0.6 is 0 Å². The Morgan fingerprint density at radius 2 is 0.963 bits per heavy atom. The van der Waals surface area contributed by atoms with Gasteiger partial charge >= 0.3 is 0 Å². The fourth-order valence-electron chi connectivity index (χ4n) is 9.94. The largest absolute Gasteiger partial charge is 0.369 e. The van der Waals surface area contributed by atoms with Gasteiger partial charge in [-0.05, 0) is 113 Å². The number of hydrogen-bond donors (Lipinski definition) is 1. The predicted molar refractivity (Wildman–Crippen MR) is 102 cm³/mol. The molecule has 0 spiro atoms. The Morgan fingerprint density at radius 1 is 0.667 bits per heavy atom. The van der Waals surface area contributed by atoms with Crippen LogP contribution in [0.25, 0.3) is 0 Å². The Kier molecular flexibility index (Phi) is 3.44. The number of primary amides is 1. The fourth-order valence-corrected chi connectivity index (χ4v) is 9.94. The minimum atomic E-state index is -0.445. The summed E-state index contributed by atoms with van der Waals surface area (Å²) < 4.78 is 0. The van der Waals surface area contributed by atoms with Crippen LogP contribution in [0.15, 0.2) is 0 Å². The van der Waals surface area contributed by atoms with Crippen LogP contribution in [0.3, 0.4) is 0 Å². The topological polar surface area (TPSA) is 63.4 Å². The standard InChI is InChI=1S/C23H34N2O2/c24-20(26)7-21(27)25(22-8-14-1-15(9-22)3-16(2-14)10-22)23-11-17-4-18(12-23)6-19(5-17)13-23/h14-19H,1-13H2,(H2,24,26). The van der Waals surface area contributed by atoms with Crippen molar-refractivity contribution in [2.24, 2.45) is 41.2 Å². The van der Waals surface area contributed by atoms with Gasteiger partial charge < -0.3 is 10.6 Å². The van der Waals surface area contributed by atoms with Crippen molar-refractivity contribution in [1.82, 2.24) is 4.90 Å². The van der Waals surface area contributed by atoms with Crippen LogP contribution < -0.4 is 5.73 Å². The zero-order chi connectivity index (χ0) is 18.4. The number of hydrogen-bond acceptors (Lipinski definition) is 2. The molecule has 8 aliphatic carbocycles. The second-order valence-electron chi connectivity index (χ2n) is 11.7. The normalized spacial score (nSPS) is 51.6. The van der Waals surface area contributed by atoms with E-state index in [1.807, 2.05) is 0 Å². The Bertz CT molecular complexity index is 569. The molecule has 0 aromatic carbocycles. The van der Waals surface area contributed by atoms with Crippen LogP contribution in [0.2, 0.25) is 0 Å². The molecule has 148 valence electrons. The molecule has 8 fully saturated rings. The highest BCUT2D eigenvalue weighted by Gasteiger charge is 2.62. The average molecular weight is 371 g/mol. The highest BCUT2D eigenvalue weighted by Crippen LogP contribution is 2.64. The first-order valence-electron chi connectivity index (χ1n) is 11.5. The second-order valence-corrected chi connectivity index (χ2v) is 11.7. The lowest BCUT2D eigenvalue weighted by molar-refractivity contribution is -0.191. The van der Waals surface area contributed by atoms with E-state index in [1.165, 1.54) is 77.0 Å². The number of nitrogens with two attached hydrogens (primary N) is 1. The van der Waals surface area contributed by atoms with Crippen molar-refractivity contribution in [1.29, 1.82) is 0 Å². The Labute approximate surface area is 162 Å². The Hall–Kier alpha value is -1.06. The quantitative estimate of drug-likeness (QED) is 0.768. The van der Waals surface area contributed by atoms with E-state index in [4.69, 9.17) is 5.73 Å². The van der Waals surface area contributed by atoms with E-state index in [-0.39, 0.29) is 23.4 Å². The third-order valence-electron chi connectivity index (χ3n) is 9.54. The summed E-state index contributed by atoms with van der Waals surface area (Å²) in [6.45, 7) is 0. The van der Waals surface area contributed by atoms with E-state index in [1.54, 1.807) is 0 Å². The third kappa shape index (κ3) is 2.47. The van der Waals surface area contributed by atoms with Crippen molar-refractivity contribution in [3.63, 3.8) is 0 Å². The summed E-state index contributed by atoms with van der Waals surface area (Å²) >= 11 is 0. The number of carbonyl (C=O) groups is 2. The monoisotopic (exact) mass is 370 g/mol. The summed E-state index contributed by atoms with van der Waals surface area (Å²) in [6.07, 6.45) is 15.4. The zero-order valence-corrected chi connectivity index (χ0v) is 16.5. The molecule has 8 bridgehead atoms. The fraction of sp³-hybridized carbons (Fsp3) is 0.913.